The van der Waals surface area contributed by atoms with Crippen LogP contribution >= 0.6 is 0 Å². The van der Waals surface area contributed by atoms with Gasteiger partial charge < -0.3 is 8.23 Å². The van der Waals surface area contributed by atoms with Gasteiger partial charge in [0.05, 0.1) is 0 Å². The lowest BCUT2D eigenvalue weighted by atomic mass is 10.3. The second-order valence-corrected chi connectivity index (χ2v) is 19.8. The fraction of sp³-hybridized carbons (Fsp3) is 1.00. The van der Waals surface area contributed by atoms with Gasteiger partial charge in [0.2, 0.25) is 0 Å². The molecule has 0 saturated heterocycles. The molecule has 0 rings (SSSR count). The third-order valence-corrected chi connectivity index (χ3v) is 13.4. The van der Waals surface area contributed by atoms with E-state index >= 15 is 0 Å². The molecule has 0 aromatic carbocycles. The Labute approximate surface area is 124 Å². The lowest BCUT2D eigenvalue weighted by molar-refractivity contribution is 0.240. The third-order valence-electron chi connectivity index (χ3n) is 2.78. The van der Waals surface area contributed by atoms with Crippen LogP contribution in [0, 0.1) is 0 Å². The van der Waals surface area contributed by atoms with Gasteiger partial charge in [-0.25, -0.2) is 0 Å². The molecule has 0 aromatic rings. The zero-order valence-electron chi connectivity index (χ0n) is 14.9. The first-order valence-corrected chi connectivity index (χ1v) is 16.4. The first-order valence-electron chi connectivity index (χ1n) is 7.37. The highest BCUT2D eigenvalue weighted by molar-refractivity contribution is 6.86. The third kappa shape index (κ3) is 7.19. The molecular weight excluding hydrogens is 286 g/mol. The lowest BCUT2D eigenvalue weighted by Gasteiger charge is -2.46. The quantitative estimate of drug-likeness (QED) is 0.650. The van der Waals surface area contributed by atoms with Crippen molar-refractivity contribution in [1.82, 2.24) is 4.57 Å². The minimum absolute atomic E-state index is 0.512. The normalized spacial score (nSPS) is 14.8. The summed E-state index contributed by atoms with van der Waals surface area (Å²) in [5.74, 6) is 0. The Balaban J connectivity index is 5.01. The van der Waals surface area contributed by atoms with Crippen LogP contribution in [0.1, 0.15) is 27.7 Å². The predicted octanol–water partition coefficient (Wildman–Crippen LogP) is 4.38. The van der Waals surface area contributed by atoms with Gasteiger partial charge in [0.15, 0.2) is 8.32 Å². The van der Waals surface area contributed by atoms with E-state index in [1.54, 1.807) is 0 Å². The molecule has 0 aliphatic rings. The van der Waals surface area contributed by atoms with Gasteiger partial charge in [-0.2, -0.15) is 0 Å². The van der Waals surface area contributed by atoms with Crippen molar-refractivity contribution in [2.24, 2.45) is 0 Å². The summed E-state index contributed by atoms with van der Waals surface area (Å²) in [5.41, 5.74) is 0. The van der Waals surface area contributed by atoms with Gasteiger partial charge in [-0.3, -0.25) is 4.57 Å². The fourth-order valence-electron chi connectivity index (χ4n) is 3.25. The van der Waals surface area contributed by atoms with Crippen LogP contribution in [0.4, 0.5) is 0 Å². The first-order chi connectivity index (χ1) is 8.18. The second-order valence-electron chi connectivity index (χ2n) is 7.76. The summed E-state index contributed by atoms with van der Waals surface area (Å²) in [6, 6.07) is 1.02. The summed E-state index contributed by atoms with van der Waals surface area (Å²) in [6.07, 6.45) is 0. The van der Waals surface area contributed by atoms with E-state index in [9.17, 15) is 0 Å². The Morgan fingerprint density at radius 2 is 1.05 bits per heavy atom. The van der Waals surface area contributed by atoms with E-state index in [1.165, 1.54) is 0 Å². The molecule has 19 heavy (non-hydrogen) atoms. The molecular formula is C13H35NO2Si3. The molecule has 0 N–H and O–H groups in total. The van der Waals surface area contributed by atoms with E-state index in [1.807, 2.05) is 0 Å². The summed E-state index contributed by atoms with van der Waals surface area (Å²) >= 11 is 0. The van der Waals surface area contributed by atoms with Gasteiger partial charge in [0.25, 0.3) is 8.48 Å². The SMILES string of the molecule is CC(C)N(C(C)C)[Si](C)(C)O[Si](C)(C)O[Si](C)(C)C. The molecule has 6 heteroatoms. The van der Waals surface area contributed by atoms with Crippen molar-refractivity contribution < 1.29 is 8.23 Å². The number of nitrogens with zero attached hydrogens (tertiary/aromatic N) is 1. The largest absolute Gasteiger partial charge is 0.437 e. The van der Waals surface area contributed by atoms with Gasteiger partial charge in [-0.05, 0) is 57.9 Å². The summed E-state index contributed by atoms with van der Waals surface area (Å²) in [5, 5.41) is 0. The summed E-state index contributed by atoms with van der Waals surface area (Å²) < 4.78 is 15.5. The van der Waals surface area contributed by atoms with Crippen molar-refractivity contribution in [1.29, 1.82) is 0 Å². The molecule has 0 radical (unpaired) electrons. The van der Waals surface area contributed by atoms with E-state index < -0.39 is 25.4 Å². The zero-order valence-corrected chi connectivity index (χ0v) is 17.9. The summed E-state index contributed by atoms with van der Waals surface area (Å²) in [7, 11) is -5.49. The molecule has 0 saturated carbocycles. The summed E-state index contributed by atoms with van der Waals surface area (Å²) in [6.45, 7) is 24.7. The van der Waals surface area contributed by atoms with Crippen molar-refractivity contribution in [3.63, 3.8) is 0 Å². The van der Waals surface area contributed by atoms with Crippen molar-refractivity contribution in [3.8, 4) is 0 Å². The smallest absolute Gasteiger partial charge is 0.312 e. The van der Waals surface area contributed by atoms with Crippen LogP contribution in [0.15, 0.2) is 0 Å². The van der Waals surface area contributed by atoms with Crippen molar-refractivity contribution in [2.75, 3.05) is 0 Å². The maximum absolute atomic E-state index is 6.60. The van der Waals surface area contributed by atoms with Crippen LogP contribution in [0.5, 0.6) is 0 Å². The topological polar surface area (TPSA) is 21.7 Å². The van der Waals surface area contributed by atoms with E-state index in [4.69, 9.17) is 8.23 Å². The van der Waals surface area contributed by atoms with Gasteiger partial charge in [0.1, 0.15) is 0 Å². The van der Waals surface area contributed by atoms with Crippen molar-refractivity contribution >= 4 is 25.4 Å². The molecule has 0 unspecified atom stereocenters. The second kappa shape index (κ2) is 6.53. The van der Waals surface area contributed by atoms with Gasteiger partial charge >= 0.3 is 8.56 Å². The minimum atomic E-state index is -2.05. The molecule has 0 atom stereocenters. The Morgan fingerprint density at radius 3 is 1.32 bits per heavy atom. The number of hydrogen-bond acceptors (Lipinski definition) is 3. The van der Waals surface area contributed by atoms with Crippen LogP contribution in [0.2, 0.25) is 45.8 Å². The van der Waals surface area contributed by atoms with Gasteiger partial charge in [0, 0.05) is 0 Å². The highest BCUT2D eigenvalue weighted by Crippen LogP contribution is 2.25. The Morgan fingerprint density at radius 1 is 0.684 bits per heavy atom. The maximum atomic E-state index is 6.60. The van der Waals surface area contributed by atoms with Crippen molar-refractivity contribution in [2.45, 2.75) is 85.6 Å². The molecule has 3 nitrogen and oxygen atoms in total. The molecule has 0 bridgehead atoms. The average Bonchev–Trinajstić information content (AvgIpc) is 1.90. The highest BCUT2D eigenvalue weighted by Gasteiger charge is 2.43. The monoisotopic (exact) mass is 321 g/mol. The van der Waals surface area contributed by atoms with Crippen LogP contribution < -0.4 is 0 Å². The summed E-state index contributed by atoms with van der Waals surface area (Å²) in [4.78, 5) is 0. The molecule has 0 aliphatic heterocycles. The van der Waals surface area contributed by atoms with E-state index in [2.05, 4.69) is 78.1 Å². The maximum Gasteiger partial charge on any atom is 0.312 e. The van der Waals surface area contributed by atoms with E-state index in [-0.39, 0.29) is 0 Å². The van der Waals surface area contributed by atoms with Crippen LogP contribution in [-0.2, 0) is 8.23 Å². The highest BCUT2D eigenvalue weighted by atomic mass is 28.5. The van der Waals surface area contributed by atoms with E-state index in [0.717, 1.165) is 0 Å². The number of hydrogen-bond donors (Lipinski definition) is 0. The van der Waals surface area contributed by atoms with Crippen LogP contribution in [0.3, 0.4) is 0 Å². The minimum Gasteiger partial charge on any atom is -0.437 e. The molecule has 0 fully saturated rings. The molecule has 0 heterocycles. The number of rotatable bonds is 7. The molecule has 0 spiro atoms. The van der Waals surface area contributed by atoms with E-state index in [0.29, 0.717) is 12.1 Å². The molecule has 116 valence electrons. The average molecular weight is 322 g/mol. The fourth-order valence-corrected chi connectivity index (χ4v) is 17.4. The Hall–Kier alpha value is 0.531. The Kier molecular flexibility index (Phi) is 6.71. The molecule has 0 amide bonds. The molecule has 0 aromatic heterocycles. The van der Waals surface area contributed by atoms with Gasteiger partial charge in [-0.1, -0.05) is 27.7 Å². The molecule has 0 aliphatic carbocycles. The van der Waals surface area contributed by atoms with Crippen LogP contribution in [0.25, 0.3) is 0 Å². The predicted molar refractivity (Wildman–Crippen MR) is 92.6 cm³/mol. The zero-order chi connectivity index (χ0) is 15.6. The van der Waals surface area contributed by atoms with Gasteiger partial charge in [-0.15, -0.1) is 0 Å². The first kappa shape index (κ1) is 19.5. The Bertz CT molecular complexity index is 278. The van der Waals surface area contributed by atoms with Crippen LogP contribution in [-0.4, -0.2) is 42.0 Å². The standard InChI is InChI=1S/C13H35NO2Si3/c1-12(2)14(13(3)4)18(8,9)16-19(10,11)15-17(5,6)7/h12-13H,1-11H3. The van der Waals surface area contributed by atoms with Crippen molar-refractivity contribution in [3.05, 3.63) is 0 Å². The lowest BCUT2D eigenvalue weighted by Crippen LogP contribution is -2.63.